The van der Waals surface area contributed by atoms with E-state index < -0.39 is 0 Å². The minimum absolute atomic E-state index is 0.285. The summed E-state index contributed by atoms with van der Waals surface area (Å²) in [7, 11) is 1.66. The third-order valence-corrected chi connectivity index (χ3v) is 0.767. The number of aryl methyl sites for hydroxylation is 1. The van der Waals surface area contributed by atoms with Gasteiger partial charge in [0.2, 0.25) is 0 Å². The number of hydrogen-bond acceptors (Lipinski definition) is 4. The Morgan fingerprint density at radius 1 is 1.25 bits per heavy atom. The van der Waals surface area contributed by atoms with Gasteiger partial charge in [0.15, 0.2) is 11.6 Å². The van der Waals surface area contributed by atoms with Gasteiger partial charge in [-0.3, -0.25) is 0 Å². The molecule has 0 unspecified atom stereocenters. The van der Waals surface area contributed by atoms with Crippen LogP contribution in [-0.4, -0.2) is 15.0 Å². The maximum Gasteiger partial charge on any atom is 0.190 e. The number of rotatable bonds is 0. The highest BCUT2D eigenvalue weighted by molar-refractivity contribution is 5.50. The molecule has 0 amide bonds. The van der Waals surface area contributed by atoms with E-state index in [1.165, 1.54) is 4.80 Å². The summed E-state index contributed by atoms with van der Waals surface area (Å²) in [5.41, 5.74) is 10.4. The van der Waals surface area contributed by atoms with Crippen molar-refractivity contribution in [2.75, 3.05) is 11.5 Å². The minimum atomic E-state index is 0.285. The fourth-order valence-corrected chi connectivity index (χ4v) is 0.437. The first kappa shape index (κ1) is 4.89. The van der Waals surface area contributed by atoms with Crippen molar-refractivity contribution in [2.45, 2.75) is 0 Å². The molecule has 1 heterocycles. The lowest BCUT2D eigenvalue weighted by molar-refractivity contribution is 0.658. The highest BCUT2D eigenvalue weighted by atomic mass is 15.5. The molecular weight excluding hydrogens is 106 g/mol. The predicted octanol–water partition coefficient (Wildman–Crippen LogP) is -1.02. The van der Waals surface area contributed by atoms with Gasteiger partial charge in [-0.15, -0.1) is 10.2 Å². The van der Waals surface area contributed by atoms with Gasteiger partial charge in [0, 0.05) is 7.05 Å². The lowest BCUT2D eigenvalue weighted by Gasteiger charge is -1.76. The van der Waals surface area contributed by atoms with Gasteiger partial charge in [0.25, 0.3) is 0 Å². The second kappa shape index (κ2) is 1.36. The van der Waals surface area contributed by atoms with Crippen LogP contribution in [-0.2, 0) is 7.05 Å². The molecule has 0 radical (unpaired) electrons. The molecule has 0 saturated carbocycles. The van der Waals surface area contributed by atoms with Gasteiger partial charge in [0.1, 0.15) is 0 Å². The smallest absolute Gasteiger partial charge is 0.190 e. The van der Waals surface area contributed by atoms with Gasteiger partial charge in [-0.05, 0) is 0 Å². The van der Waals surface area contributed by atoms with Gasteiger partial charge < -0.3 is 11.5 Å². The molecule has 5 nitrogen and oxygen atoms in total. The van der Waals surface area contributed by atoms with E-state index in [0.717, 1.165) is 0 Å². The Kier molecular flexibility index (Phi) is 0.831. The molecule has 0 aromatic carbocycles. The van der Waals surface area contributed by atoms with E-state index in [1.807, 2.05) is 0 Å². The van der Waals surface area contributed by atoms with Gasteiger partial charge in [-0.2, -0.15) is 4.80 Å². The zero-order valence-electron chi connectivity index (χ0n) is 4.50. The number of anilines is 2. The van der Waals surface area contributed by atoms with Crippen molar-refractivity contribution < 1.29 is 0 Å². The van der Waals surface area contributed by atoms with Gasteiger partial charge in [-0.25, -0.2) is 0 Å². The lowest BCUT2D eigenvalue weighted by atomic mass is 10.7. The van der Waals surface area contributed by atoms with Crippen LogP contribution in [0.2, 0.25) is 0 Å². The molecule has 0 aliphatic rings. The van der Waals surface area contributed by atoms with E-state index in [9.17, 15) is 0 Å². The Morgan fingerprint density at radius 3 is 1.75 bits per heavy atom. The molecule has 44 valence electrons. The molecule has 4 N–H and O–H groups in total. The Balaban J connectivity index is 3.14. The zero-order valence-corrected chi connectivity index (χ0v) is 4.50. The number of aromatic nitrogens is 3. The second-order valence-electron chi connectivity index (χ2n) is 1.46. The SMILES string of the molecule is Cn1nc(N)c(N)n1. The molecule has 1 rings (SSSR count). The number of hydrogen-bond donors (Lipinski definition) is 2. The molecule has 8 heavy (non-hydrogen) atoms. The summed E-state index contributed by atoms with van der Waals surface area (Å²) in [4.78, 5) is 1.32. The van der Waals surface area contributed by atoms with Crippen LogP contribution < -0.4 is 11.5 Å². The van der Waals surface area contributed by atoms with Crippen LogP contribution in [0.15, 0.2) is 0 Å². The van der Waals surface area contributed by atoms with Crippen molar-refractivity contribution >= 4 is 11.6 Å². The van der Waals surface area contributed by atoms with Crippen molar-refractivity contribution in [3.05, 3.63) is 0 Å². The Morgan fingerprint density at radius 2 is 1.62 bits per heavy atom. The Hall–Kier alpha value is -1.26. The van der Waals surface area contributed by atoms with Crippen LogP contribution in [0.25, 0.3) is 0 Å². The zero-order chi connectivity index (χ0) is 6.15. The minimum Gasteiger partial charge on any atom is -0.379 e. The predicted molar refractivity (Wildman–Crippen MR) is 29.8 cm³/mol. The summed E-state index contributed by atoms with van der Waals surface area (Å²) in [5, 5.41) is 7.34. The van der Waals surface area contributed by atoms with Crippen molar-refractivity contribution in [3.63, 3.8) is 0 Å². The van der Waals surface area contributed by atoms with E-state index in [4.69, 9.17) is 11.5 Å². The third-order valence-electron chi connectivity index (χ3n) is 0.767. The first-order valence-electron chi connectivity index (χ1n) is 2.12. The average Bonchev–Trinajstić information content (AvgIpc) is 1.85. The molecule has 0 aliphatic carbocycles. The van der Waals surface area contributed by atoms with Crippen LogP contribution in [0.4, 0.5) is 11.6 Å². The molecule has 0 saturated heterocycles. The van der Waals surface area contributed by atoms with Gasteiger partial charge >= 0.3 is 0 Å². The van der Waals surface area contributed by atoms with Crippen molar-refractivity contribution in [1.29, 1.82) is 0 Å². The van der Waals surface area contributed by atoms with E-state index in [0.29, 0.717) is 0 Å². The monoisotopic (exact) mass is 113 g/mol. The lowest BCUT2D eigenvalue weighted by Crippen LogP contribution is -1.92. The molecule has 0 bridgehead atoms. The Bertz CT molecular complexity index is 170. The highest BCUT2D eigenvalue weighted by Crippen LogP contribution is 2.02. The second-order valence-corrected chi connectivity index (χ2v) is 1.46. The summed E-state index contributed by atoms with van der Waals surface area (Å²) in [5.74, 6) is 0.569. The first-order chi connectivity index (χ1) is 3.70. The van der Waals surface area contributed by atoms with Crippen LogP contribution in [0, 0.1) is 0 Å². The molecule has 5 heteroatoms. The van der Waals surface area contributed by atoms with E-state index in [2.05, 4.69) is 10.2 Å². The molecule has 0 aliphatic heterocycles. The number of nitrogen functional groups attached to an aromatic ring is 2. The molecular formula is C3H7N5. The maximum atomic E-state index is 5.22. The topological polar surface area (TPSA) is 82.8 Å². The van der Waals surface area contributed by atoms with Crippen molar-refractivity contribution in [1.82, 2.24) is 15.0 Å². The quantitative estimate of drug-likeness (QED) is 0.451. The molecule has 1 aromatic heterocycles. The van der Waals surface area contributed by atoms with Crippen molar-refractivity contribution in [2.24, 2.45) is 7.05 Å². The van der Waals surface area contributed by atoms with Crippen molar-refractivity contribution in [3.8, 4) is 0 Å². The fourth-order valence-electron chi connectivity index (χ4n) is 0.437. The van der Waals surface area contributed by atoms with Crippen LogP contribution >= 0.6 is 0 Å². The number of nitrogens with zero attached hydrogens (tertiary/aromatic N) is 3. The summed E-state index contributed by atoms with van der Waals surface area (Å²) >= 11 is 0. The summed E-state index contributed by atoms with van der Waals surface area (Å²) < 4.78 is 0. The van der Waals surface area contributed by atoms with Crippen LogP contribution in [0.1, 0.15) is 0 Å². The van der Waals surface area contributed by atoms with Crippen LogP contribution in [0.3, 0.4) is 0 Å². The summed E-state index contributed by atoms with van der Waals surface area (Å²) in [6.07, 6.45) is 0. The van der Waals surface area contributed by atoms with Crippen LogP contribution in [0.5, 0.6) is 0 Å². The van der Waals surface area contributed by atoms with Gasteiger partial charge in [-0.1, -0.05) is 0 Å². The van der Waals surface area contributed by atoms with E-state index >= 15 is 0 Å². The molecule has 0 fully saturated rings. The number of nitrogens with two attached hydrogens (primary N) is 2. The standard InChI is InChI=1S/C3H7N5/c1-8-6-2(4)3(5)7-8/h1H3,(H2,4,6)(H2,5,7). The molecule has 0 atom stereocenters. The van der Waals surface area contributed by atoms with E-state index in [-0.39, 0.29) is 11.6 Å². The third kappa shape index (κ3) is 0.575. The normalized spacial score (nSPS) is 9.62. The summed E-state index contributed by atoms with van der Waals surface area (Å²) in [6.45, 7) is 0. The maximum absolute atomic E-state index is 5.22. The van der Waals surface area contributed by atoms with E-state index in [1.54, 1.807) is 7.05 Å². The fraction of sp³-hybridized carbons (Fsp3) is 0.333. The summed E-state index contributed by atoms with van der Waals surface area (Å²) in [6, 6.07) is 0. The highest BCUT2D eigenvalue weighted by Gasteiger charge is 1.96. The largest absolute Gasteiger partial charge is 0.379 e. The average molecular weight is 113 g/mol. The molecule has 1 aromatic rings. The Labute approximate surface area is 46.3 Å². The first-order valence-corrected chi connectivity index (χ1v) is 2.12. The van der Waals surface area contributed by atoms with Gasteiger partial charge in [0.05, 0.1) is 0 Å². The molecule has 0 spiro atoms.